The van der Waals surface area contributed by atoms with E-state index in [2.05, 4.69) is 29.7 Å². The fourth-order valence-electron chi connectivity index (χ4n) is 2.47. The Hall–Kier alpha value is -3.35. The summed E-state index contributed by atoms with van der Waals surface area (Å²) < 4.78 is 10.2. The van der Waals surface area contributed by atoms with Crippen molar-refractivity contribution in [3.05, 3.63) is 59.7 Å². The van der Waals surface area contributed by atoms with E-state index in [1.807, 2.05) is 24.3 Å². The predicted molar refractivity (Wildman–Crippen MR) is 113 cm³/mol. The van der Waals surface area contributed by atoms with Gasteiger partial charge in [0.2, 0.25) is 5.91 Å². The van der Waals surface area contributed by atoms with Crippen LogP contribution in [-0.2, 0) is 16.1 Å². The van der Waals surface area contributed by atoms with Crippen molar-refractivity contribution in [2.24, 2.45) is 5.10 Å². The summed E-state index contributed by atoms with van der Waals surface area (Å²) in [6.07, 6.45) is -0.630. The average Bonchev–Trinajstić information content (AvgIpc) is 2.71. The SMILES string of the molecule is COc1ccc(COC(=O)N/N=C(/C)CC(=O)Nc2ccc(C(C)C)cc2)cc1. The molecule has 0 aliphatic heterocycles. The lowest BCUT2D eigenvalue weighted by molar-refractivity contribution is -0.115. The van der Waals surface area contributed by atoms with Crippen LogP contribution in [0.1, 0.15) is 44.2 Å². The molecule has 0 aliphatic carbocycles. The molecule has 7 heteroatoms. The molecule has 7 nitrogen and oxygen atoms in total. The summed E-state index contributed by atoms with van der Waals surface area (Å²) in [5, 5.41) is 6.70. The summed E-state index contributed by atoms with van der Waals surface area (Å²) in [7, 11) is 1.59. The molecule has 2 aromatic carbocycles. The molecule has 0 heterocycles. The fraction of sp³-hybridized carbons (Fsp3) is 0.318. The zero-order chi connectivity index (χ0) is 21.2. The second-order valence-electron chi connectivity index (χ2n) is 6.88. The molecule has 0 atom stereocenters. The first-order valence-corrected chi connectivity index (χ1v) is 9.36. The molecule has 2 amide bonds. The summed E-state index contributed by atoms with van der Waals surface area (Å²) in [6, 6.07) is 14.9. The van der Waals surface area contributed by atoms with Crippen molar-refractivity contribution in [2.45, 2.75) is 39.7 Å². The zero-order valence-electron chi connectivity index (χ0n) is 17.2. The number of hydrazone groups is 1. The standard InChI is InChI=1S/C22H27N3O4/c1-15(2)18-7-9-19(10-8-18)23-21(26)13-16(3)24-25-22(27)29-14-17-5-11-20(28-4)12-6-17/h5-12,15H,13-14H2,1-4H3,(H,23,26)(H,25,27)/b24-16-. The Bertz CT molecular complexity index is 843. The number of nitrogens with zero attached hydrogens (tertiary/aromatic N) is 1. The van der Waals surface area contributed by atoms with Gasteiger partial charge in [-0.25, -0.2) is 10.2 Å². The molecule has 0 radical (unpaired) electrons. The van der Waals surface area contributed by atoms with Gasteiger partial charge in [0, 0.05) is 11.4 Å². The maximum atomic E-state index is 12.1. The van der Waals surface area contributed by atoms with Gasteiger partial charge in [0.05, 0.1) is 13.5 Å². The number of nitrogens with one attached hydrogen (secondary N) is 2. The first-order valence-electron chi connectivity index (χ1n) is 9.36. The largest absolute Gasteiger partial charge is 0.497 e. The molecular weight excluding hydrogens is 370 g/mol. The first-order chi connectivity index (χ1) is 13.9. The minimum atomic E-state index is -0.690. The molecule has 2 aromatic rings. The van der Waals surface area contributed by atoms with Gasteiger partial charge in [-0.05, 0) is 48.2 Å². The average molecular weight is 397 g/mol. The van der Waals surface area contributed by atoms with Gasteiger partial charge in [-0.2, -0.15) is 5.10 Å². The molecule has 154 valence electrons. The molecule has 0 spiro atoms. The number of amides is 2. The van der Waals surface area contributed by atoms with Gasteiger partial charge >= 0.3 is 6.09 Å². The molecule has 2 N–H and O–H groups in total. The van der Waals surface area contributed by atoms with Crippen LogP contribution in [0, 0.1) is 0 Å². The van der Waals surface area contributed by atoms with Crippen LogP contribution in [0.4, 0.5) is 10.5 Å². The molecule has 29 heavy (non-hydrogen) atoms. The van der Waals surface area contributed by atoms with E-state index >= 15 is 0 Å². The lowest BCUT2D eigenvalue weighted by Gasteiger charge is -2.09. The third-order valence-electron chi connectivity index (χ3n) is 4.14. The van der Waals surface area contributed by atoms with Crippen LogP contribution in [-0.4, -0.2) is 24.8 Å². The van der Waals surface area contributed by atoms with Crippen molar-refractivity contribution < 1.29 is 19.1 Å². The number of carbonyl (C=O) groups excluding carboxylic acids is 2. The summed E-state index contributed by atoms with van der Waals surface area (Å²) >= 11 is 0. The van der Waals surface area contributed by atoms with Gasteiger partial charge in [-0.3, -0.25) is 4.79 Å². The van der Waals surface area contributed by atoms with Crippen molar-refractivity contribution in [1.82, 2.24) is 5.43 Å². The van der Waals surface area contributed by atoms with E-state index in [0.717, 1.165) is 17.0 Å². The second-order valence-corrected chi connectivity index (χ2v) is 6.88. The van der Waals surface area contributed by atoms with E-state index in [1.165, 1.54) is 5.56 Å². The number of carbonyl (C=O) groups is 2. The van der Waals surface area contributed by atoms with Gasteiger partial charge in [0.1, 0.15) is 12.4 Å². The topological polar surface area (TPSA) is 89.0 Å². The van der Waals surface area contributed by atoms with Crippen LogP contribution in [0.3, 0.4) is 0 Å². The van der Waals surface area contributed by atoms with Crippen LogP contribution in [0.25, 0.3) is 0 Å². The van der Waals surface area contributed by atoms with Crippen LogP contribution in [0.5, 0.6) is 5.75 Å². The normalized spacial score (nSPS) is 11.1. The van der Waals surface area contributed by atoms with E-state index in [0.29, 0.717) is 11.6 Å². The summed E-state index contributed by atoms with van der Waals surface area (Å²) in [5.74, 6) is 0.953. The zero-order valence-corrected chi connectivity index (χ0v) is 17.2. The van der Waals surface area contributed by atoms with Crippen LogP contribution < -0.4 is 15.5 Å². The molecule has 0 fully saturated rings. The van der Waals surface area contributed by atoms with Crippen molar-refractivity contribution in [3.8, 4) is 5.75 Å². The van der Waals surface area contributed by atoms with E-state index in [4.69, 9.17) is 9.47 Å². The second kappa shape index (κ2) is 10.8. The third kappa shape index (κ3) is 7.65. The van der Waals surface area contributed by atoms with Crippen LogP contribution in [0.15, 0.2) is 53.6 Å². The number of methoxy groups -OCH3 is 1. The highest BCUT2D eigenvalue weighted by Gasteiger charge is 2.07. The number of benzene rings is 2. The molecular formula is C22H27N3O4. The van der Waals surface area contributed by atoms with Gasteiger partial charge in [0.15, 0.2) is 0 Å². The third-order valence-corrected chi connectivity index (χ3v) is 4.14. The fourth-order valence-corrected chi connectivity index (χ4v) is 2.47. The molecule has 0 unspecified atom stereocenters. The highest BCUT2D eigenvalue weighted by molar-refractivity contribution is 6.05. The van der Waals surface area contributed by atoms with E-state index in [1.54, 1.807) is 38.3 Å². The van der Waals surface area contributed by atoms with Gasteiger partial charge in [0.25, 0.3) is 0 Å². The number of ether oxygens (including phenoxy) is 2. The minimum Gasteiger partial charge on any atom is -0.497 e. The van der Waals surface area contributed by atoms with Gasteiger partial charge in [-0.1, -0.05) is 38.1 Å². The summed E-state index contributed by atoms with van der Waals surface area (Å²) in [6.45, 7) is 5.99. The number of anilines is 1. The highest BCUT2D eigenvalue weighted by atomic mass is 16.6. The summed E-state index contributed by atoms with van der Waals surface area (Å²) in [4.78, 5) is 23.8. The molecule has 2 rings (SSSR count). The number of rotatable bonds is 8. The maximum absolute atomic E-state index is 12.1. The maximum Gasteiger partial charge on any atom is 0.428 e. The number of hydrogen-bond acceptors (Lipinski definition) is 5. The van der Waals surface area contributed by atoms with Crippen molar-refractivity contribution in [3.63, 3.8) is 0 Å². The molecule has 0 aromatic heterocycles. The van der Waals surface area contributed by atoms with Crippen LogP contribution in [0.2, 0.25) is 0 Å². The first kappa shape index (κ1) is 21.9. The van der Waals surface area contributed by atoms with Crippen molar-refractivity contribution in [1.29, 1.82) is 0 Å². The lowest BCUT2D eigenvalue weighted by Crippen LogP contribution is -2.22. The van der Waals surface area contributed by atoms with Gasteiger partial charge < -0.3 is 14.8 Å². The number of hydrogen-bond donors (Lipinski definition) is 2. The highest BCUT2D eigenvalue weighted by Crippen LogP contribution is 2.17. The molecule has 0 aliphatic rings. The van der Waals surface area contributed by atoms with Crippen molar-refractivity contribution in [2.75, 3.05) is 12.4 Å². The summed E-state index contributed by atoms with van der Waals surface area (Å²) in [5.41, 5.74) is 5.50. The monoisotopic (exact) mass is 397 g/mol. The quantitative estimate of drug-likeness (QED) is 0.509. The smallest absolute Gasteiger partial charge is 0.428 e. The predicted octanol–water partition coefficient (Wildman–Crippen LogP) is 4.45. The minimum absolute atomic E-state index is 0.0602. The lowest BCUT2D eigenvalue weighted by atomic mass is 10.0. The van der Waals surface area contributed by atoms with E-state index in [9.17, 15) is 9.59 Å². The Morgan fingerprint density at radius 3 is 2.28 bits per heavy atom. The van der Waals surface area contributed by atoms with Crippen LogP contribution >= 0.6 is 0 Å². The Morgan fingerprint density at radius 2 is 1.69 bits per heavy atom. The Labute approximate surface area is 171 Å². The molecule has 0 saturated heterocycles. The van der Waals surface area contributed by atoms with Crippen molar-refractivity contribution >= 4 is 23.4 Å². The van der Waals surface area contributed by atoms with Gasteiger partial charge in [-0.15, -0.1) is 0 Å². The molecule has 0 saturated carbocycles. The van der Waals surface area contributed by atoms with E-state index in [-0.39, 0.29) is 18.9 Å². The Balaban J connectivity index is 1.74. The van der Waals surface area contributed by atoms with E-state index < -0.39 is 6.09 Å². The molecule has 0 bridgehead atoms. The Kier molecular flexibility index (Phi) is 8.21. The Morgan fingerprint density at radius 1 is 1.03 bits per heavy atom.